The van der Waals surface area contributed by atoms with E-state index in [1.807, 2.05) is 54.8 Å². The summed E-state index contributed by atoms with van der Waals surface area (Å²) in [6.07, 6.45) is -1.17. The molecule has 1 N–H and O–H groups in total. The van der Waals surface area contributed by atoms with Crippen LogP contribution in [0, 0.1) is 13.8 Å². The highest BCUT2D eigenvalue weighted by Gasteiger charge is 2.28. The van der Waals surface area contributed by atoms with Gasteiger partial charge >= 0.3 is 5.97 Å². The van der Waals surface area contributed by atoms with Crippen molar-refractivity contribution < 1.29 is 14.3 Å². The zero-order valence-corrected chi connectivity index (χ0v) is 20.1. The normalized spacial score (nSPS) is 11.6. The number of carbonyl (C=O) groups is 2. The predicted octanol–water partition coefficient (Wildman–Crippen LogP) is 6.94. The van der Waals surface area contributed by atoms with Gasteiger partial charge < -0.3 is 14.6 Å². The van der Waals surface area contributed by atoms with E-state index in [1.165, 1.54) is 0 Å². The zero-order chi connectivity index (χ0) is 24.2. The molecule has 4 aromatic rings. The van der Waals surface area contributed by atoms with Gasteiger partial charge in [-0.15, -0.1) is 0 Å². The fraction of sp³-hybridized carbons (Fsp3) is 0.111. The number of carbonyl (C=O) groups excluding carboxylic acids is 2. The van der Waals surface area contributed by atoms with E-state index in [0.717, 1.165) is 17.1 Å². The van der Waals surface area contributed by atoms with Crippen LogP contribution in [0.4, 0.5) is 5.69 Å². The first-order valence-electron chi connectivity index (χ1n) is 10.6. The van der Waals surface area contributed by atoms with Crippen molar-refractivity contribution in [2.75, 3.05) is 5.32 Å². The van der Waals surface area contributed by atoms with Crippen molar-refractivity contribution in [2.45, 2.75) is 20.0 Å². The molecule has 7 heteroatoms. The molecule has 0 fully saturated rings. The maximum absolute atomic E-state index is 13.3. The van der Waals surface area contributed by atoms with Crippen LogP contribution in [-0.2, 0) is 9.53 Å². The van der Waals surface area contributed by atoms with Gasteiger partial charge in [0, 0.05) is 38.4 Å². The molecule has 0 bridgehead atoms. The number of benzene rings is 3. The highest BCUT2D eigenvalue weighted by molar-refractivity contribution is 6.35. The third-order valence-corrected chi connectivity index (χ3v) is 5.80. The minimum atomic E-state index is -1.17. The second-order valence-electron chi connectivity index (χ2n) is 7.80. The maximum atomic E-state index is 13.3. The summed E-state index contributed by atoms with van der Waals surface area (Å²) in [4.78, 5) is 26.5. The average Bonchev–Trinajstić information content (AvgIpc) is 3.11. The Morgan fingerprint density at radius 2 is 1.44 bits per heavy atom. The summed E-state index contributed by atoms with van der Waals surface area (Å²) < 4.78 is 7.75. The van der Waals surface area contributed by atoms with Crippen molar-refractivity contribution in [1.82, 2.24) is 4.57 Å². The average molecular weight is 493 g/mol. The fourth-order valence-corrected chi connectivity index (χ4v) is 4.37. The molecule has 1 atom stereocenters. The molecule has 0 radical (unpaired) electrons. The molecule has 3 aromatic carbocycles. The molecule has 34 heavy (non-hydrogen) atoms. The molecular formula is C27H22Cl2N2O3. The number of ether oxygens (including phenoxy) is 1. The largest absolute Gasteiger partial charge is 0.444 e. The Morgan fingerprint density at radius 3 is 2.06 bits per heavy atom. The first-order valence-corrected chi connectivity index (χ1v) is 11.4. The summed E-state index contributed by atoms with van der Waals surface area (Å²) in [7, 11) is 0. The van der Waals surface area contributed by atoms with Crippen molar-refractivity contribution >= 4 is 40.8 Å². The number of esters is 1. The second-order valence-corrected chi connectivity index (χ2v) is 8.67. The lowest BCUT2D eigenvalue weighted by Crippen LogP contribution is -2.26. The maximum Gasteiger partial charge on any atom is 0.341 e. The summed E-state index contributed by atoms with van der Waals surface area (Å²) in [6.45, 7) is 3.77. The van der Waals surface area contributed by atoms with Crippen molar-refractivity contribution in [3.63, 3.8) is 0 Å². The van der Waals surface area contributed by atoms with E-state index in [4.69, 9.17) is 27.9 Å². The molecule has 5 nitrogen and oxygen atoms in total. The van der Waals surface area contributed by atoms with E-state index in [-0.39, 0.29) is 0 Å². The van der Waals surface area contributed by atoms with Crippen LogP contribution in [0.25, 0.3) is 5.69 Å². The Kier molecular flexibility index (Phi) is 7.06. The first kappa shape index (κ1) is 23.6. The number of hydrogen-bond acceptors (Lipinski definition) is 3. The SMILES string of the molecule is Cc1cc(C(=O)O[C@@H](C(=O)Nc2cc(Cl)cc(Cl)c2)c2ccccc2)c(C)n1-c1ccccc1. The Hall–Kier alpha value is -3.54. The molecule has 0 spiro atoms. The predicted molar refractivity (Wildman–Crippen MR) is 135 cm³/mol. The summed E-state index contributed by atoms with van der Waals surface area (Å²) in [6, 6.07) is 25.1. The molecule has 0 unspecified atom stereocenters. The highest BCUT2D eigenvalue weighted by atomic mass is 35.5. The molecular weight excluding hydrogens is 471 g/mol. The zero-order valence-electron chi connectivity index (χ0n) is 18.6. The van der Waals surface area contributed by atoms with E-state index in [2.05, 4.69) is 5.32 Å². The van der Waals surface area contributed by atoms with Crippen LogP contribution in [0.15, 0.2) is 84.9 Å². The Labute approximate surface area is 207 Å². The number of rotatable bonds is 6. The third kappa shape index (κ3) is 5.16. The number of para-hydroxylation sites is 1. The summed E-state index contributed by atoms with van der Waals surface area (Å²) in [5.74, 6) is -1.11. The summed E-state index contributed by atoms with van der Waals surface area (Å²) >= 11 is 12.1. The second kappa shape index (κ2) is 10.2. The Bertz CT molecular complexity index is 1310. The molecule has 1 amide bonds. The number of hydrogen-bond donors (Lipinski definition) is 1. The Balaban J connectivity index is 1.64. The number of nitrogens with one attached hydrogen (secondary N) is 1. The quantitative estimate of drug-likeness (QED) is 0.296. The van der Waals surface area contributed by atoms with E-state index < -0.39 is 18.0 Å². The summed E-state index contributed by atoms with van der Waals surface area (Å²) in [5, 5.41) is 3.50. The van der Waals surface area contributed by atoms with Crippen LogP contribution in [0.3, 0.4) is 0 Å². The molecule has 0 aliphatic carbocycles. The highest BCUT2D eigenvalue weighted by Crippen LogP contribution is 2.27. The van der Waals surface area contributed by atoms with Gasteiger partial charge in [0.05, 0.1) is 5.56 Å². The number of anilines is 1. The third-order valence-electron chi connectivity index (χ3n) is 5.36. The van der Waals surface area contributed by atoms with Crippen LogP contribution in [0.5, 0.6) is 0 Å². The van der Waals surface area contributed by atoms with Gasteiger partial charge in [0.15, 0.2) is 0 Å². The van der Waals surface area contributed by atoms with Gasteiger partial charge in [-0.25, -0.2) is 4.79 Å². The van der Waals surface area contributed by atoms with Crippen molar-refractivity contribution in [1.29, 1.82) is 0 Å². The standard InChI is InChI=1S/C27H22Cl2N2O3/c1-17-13-24(18(2)31(17)23-11-7-4-8-12-23)27(33)34-25(19-9-5-3-6-10-19)26(32)30-22-15-20(28)14-21(29)16-22/h3-16,25H,1-2H3,(H,30,32)/t25-/m1/s1. The van der Waals surface area contributed by atoms with E-state index >= 15 is 0 Å². The number of amides is 1. The lowest BCUT2D eigenvalue weighted by Gasteiger charge is -2.18. The van der Waals surface area contributed by atoms with E-state index in [9.17, 15) is 9.59 Å². The first-order chi connectivity index (χ1) is 16.3. The number of halogens is 2. The number of aryl methyl sites for hydroxylation is 1. The van der Waals surface area contributed by atoms with Crippen LogP contribution < -0.4 is 5.32 Å². The topological polar surface area (TPSA) is 60.3 Å². The lowest BCUT2D eigenvalue weighted by molar-refractivity contribution is -0.125. The number of aromatic nitrogens is 1. The fourth-order valence-electron chi connectivity index (χ4n) is 3.85. The molecule has 0 saturated heterocycles. The minimum absolute atomic E-state index is 0.379. The molecule has 0 aliphatic heterocycles. The molecule has 0 aliphatic rings. The van der Waals surface area contributed by atoms with Crippen molar-refractivity contribution in [3.05, 3.63) is 117 Å². The van der Waals surface area contributed by atoms with Crippen molar-refractivity contribution in [2.24, 2.45) is 0 Å². The van der Waals surface area contributed by atoms with Gasteiger partial charge in [-0.1, -0.05) is 71.7 Å². The molecule has 1 heterocycles. The minimum Gasteiger partial charge on any atom is -0.444 e. The van der Waals surface area contributed by atoms with E-state index in [1.54, 1.807) is 48.5 Å². The number of nitrogens with zero attached hydrogens (tertiary/aromatic N) is 1. The van der Waals surface area contributed by atoms with Gasteiger partial charge in [-0.3, -0.25) is 4.79 Å². The smallest absolute Gasteiger partial charge is 0.341 e. The van der Waals surface area contributed by atoms with Crippen LogP contribution in [0.2, 0.25) is 10.0 Å². The van der Waals surface area contributed by atoms with Gasteiger partial charge in [0.1, 0.15) is 0 Å². The van der Waals surface area contributed by atoms with Crippen molar-refractivity contribution in [3.8, 4) is 5.69 Å². The van der Waals surface area contributed by atoms with Crippen LogP contribution in [0.1, 0.15) is 33.4 Å². The summed E-state index contributed by atoms with van der Waals surface area (Å²) in [5.41, 5.74) is 3.88. The molecule has 1 aromatic heterocycles. The van der Waals surface area contributed by atoms with Gasteiger partial charge in [0.2, 0.25) is 6.10 Å². The lowest BCUT2D eigenvalue weighted by atomic mass is 10.1. The van der Waals surface area contributed by atoms with Gasteiger partial charge in [0.25, 0.3) is 5.91 Å². The monoisotopic (exact) mass is 492 g/mol. The van der Waals surface area contributed by atoms with E-state index in [0.29, 0.717) is 26.9 Å². The van der Waals surface area contributed by atoms with Gasteiger partial charge in [-0.2, -0.15) is 0 Å². The van der Waals surface area contributed by atoms with Crippen LogP contribution in [-0.4, -0.2) is 16.4 Å². The van der Waals surface area contributed by atoms with Crippen LogP contribution >= 0.6 is 23.2 Å². The molecule has 172 valence electrons. The van der Waals surface area contributed by atoms with Gasteiger partial charge in [-0.05, 0) is 50.2 Å². The Morgan fingerprint density at radius 1 is 0.853 bits per heavy atom. The molecule has 4 rings (SSSR count). The molecule has 0 saturated carbocycles.